The van der Waals surface area contributed by atoms with Gasteiger partial charge in [0, 0.05) is 31.5 Å². The van der Waals surface area contributed by atoms with Crippen LogP contribution in [0.1, 0.15) is 11.5 Å². The summed E-state index contributed by atoms with van der Waals surface area (Å²) in [6.45, 7) is 2.16. The maximum atomic E-state index is 9.43. The number of aliphatic hydroxyl groups excluding tert-OH is 1. The summed E-state index contributed by atoms with van der Waals surface area (Å²) in [5, 5.41) is 15.4. The minimum absolute atomic E-state index is 0.265. The van der Waals surface area contributed by atoms with E-state index in [9.17, 15) is 5.11 Å². The summed E-state index contributed by atoms with van der Waals surface area (Å²) in [7, 11) is 0. The zero-order valence-corrected chi connectivity index (χ0v) is 9.76. The van der Waals surface area contributed by atoms with E-state index in [1.807, 2.05) is 0 Å². The fourth-order valence-electron chi connectivity index (χ4n) is 2.86. The Hall–Kier alpha value is -1.38. The van der Waals surface area contributed by atoms with E-state index in [4.69, 9.17) is 0 Å². The maximum Gasteiger partial charge on any atom is 0.0477 e. The second-order valence-electron chi connectivity index (χ2n) is 4.78. The van der Waals surface area contributed by atoms with E-state index in [2.05, 4.69) is 47.8 Å². The molecule has 0 radical (unpaired) electrons. The van der Waals surface area contributed by atoms with E-state index in [0.29, 0.717) is 11.8 Å². The molecule has 0 aromatic heterocycles. The summed E-state index contributed by atoms with van der Waals surface area (Å²) >= 11 is 0. The van der Waals surface area contributed by atoms with Gasteiger partial charge in [0.15, 0.2) is 0 Å². The van der Waals surface area contributed by atoms with Gasteiger partial charge in [0.2, 0.25) is 0 Å². The number of fused-ring (bicyclic) bond motifs is 1. The molecule has 1 aliphatic rings. The third-order valence-corrected chi connectivity index (χ3v) is 3.80. The van der Waals surface area contributed by atoms with Crippen LogP contribution >= 0.6 is 0 Å². The predicted molar refractivity (Wildman–Crippen MR) is 70.1 cm³/mol. The molecular weight excluding hydrogens is 210 g/mol. The molecule has 0 amide bonds. The lowest BCUT2D eigenvalue weighted by molar-refractivity contribution is 0.226. The van der Waals surface area contributed by atoms with Gasteiger partial charge in [0.25, 0.3) is 0 Å². The van der Waals surface area contributed by atoms with Crippen molar-refractivity contribution in [2.45, 2.75) is 5.92 Å². The quantitative estimate of drug-likeness (QED) is 0.823. The molecule has 0 spiro atoms. The third-order valence-electron chi connectivity index (χ3n) is 3.80. The van der Waals surface area contributed by atoms with E-state index in [1.165, 1.54) is 16.3 Å². The molecule has 2 aromatic rings. The first kappa shape index (κ1) is 10.8. The van der Waals surface area contributed by atoms with Gasteiger partial charge in [0.05, 0.1) is 0 Å². The highest BCUT2D eigenvalue weighted by atomic mass is 16.3. The fraction of sp³-hybridized carbons (Fsp3) is 0.333. The van der Waals surface area contributed by atoms with Crippen LogP contribution in [0.2, 0.25) is 0 Å². The van der Waals surface area contributed by atoms with Gasteiger partial charge in [-0.2, -0.15) is 0 Å². The molecule has 0 bridgehead atoms. The van der Waals surface area contributed by atoms with Crippen LogP contribution in [-0.4, -0.2) is 24.8 Å². The van der Waals surface area contributed by atoms with E-state index in [0.717, 1.165) is 13.1 Å². The maximum absolute atomic E-state index is 9.43. The van der Waals surface area contributed by atoms with Crippen molar-refractivity contribution < 1.29 is 5.11 Å². The summed E-state index contributed by atoms with van der Waals surface area (Å²) in [5.41, 5.74) is 1.37. The number of nitrogens with one attached hydrogen (secondary N) is 1. The van der Waals surface area contributed by atoms with Gasteiger partial charge in [-0.3, -0.25) is 0 Å². The SMILES string of the molecule is OC[C@@H]1CNC[C@H]1c1cccc2ccccc12. The molecule has 1 heterocycles. The van der Waals surface area contributed by atoms with E-state index in [-0.39, 0.29) is 6.61 Å². The first-order valence-electron chi connectivity index (χ1n) is 6.19. The largest absolute Gasteiger partial charge is 0.396 e. The van der Waals surface area contributed by atoms with Crippen molar-refractivity contribution in [3.05, 3.63) is 48.0 Å². The number of aliphatic hydroxyl groups is 1. The van der Waals surface area contributed by atoms with E-state index >= 15 is 0 Å². The van der Waals surface area contributed by atoms with Gasteiger partial charge in [-0.15, -0.1) is 0 Å². The van der Waals surface area contributed by atoms with Crippen molar-refractivity contribution in [2.75, 3.05) is 19.7 Å². The van der Waals surface area contributed by atoms with Crippen molar-refractivity contribution in [3.8, 4) is 0 Å². The molecule has 0 unspecified atom stereocenters. The van der Waals surface area contributed by atoms with Crippen LogP contribution in [0, 0.1) is 5.92 Å². The summed E-state index contributed by atoms with van der Waals surface area (Å²) in [6, 6.07) is 14.9. The summed E-state index contributed by atoms with van der Waals surface area (Å²) in [6.07, 6.45) is 0. The standard InChI is InChI=1S/C15H17NO/c17-10-12-8-16-9-15(12)14-7-3-5-11-4-1-2-6-13(11)14/h1-7,12,15-17H,8-10H2/t12-,15+/m0/s1. The van der Waals surface area contributed by atoms with Gasteiger partial charge in [-0.1, -0.05) is 42.5 Å². The molecule has 1 aliphatic heterocycles. The second kappa shape index (κ2) is 4.47. The Bertz CT molecular complexity index is 518. The number of hydrogen-bond acceptors (Lipinski definition) is 2. The van der Waals surface area contributed by atoms with Gasteiger partial charge in [-0.25, -0.2) is 0 Å². The molecule has 1 saturated heterocycles. The number of benzene rings is 2. The lowest BCUT2D eigenvalue weighted by atomic mass is 9.86. The van der Waals surface area contributed by atoms with Crippen LogP contribution in [-0.2, 0) is 0 Å². The molecular formula is C15H17NO. The van der Waals surface area contributed by atoms with Crippen molar-refractivity contribution in [3.63, 3.8) is 0 Å². The lowest BCUT2D eigenvalue weighted by Gasteiger charge is -2.18. The smallest absolute Gasteiger partial charge is 0.0477 e. The van der Waals surface area contributed by atoms with Gasteiger partial charge < -0.3 is 10.4 Å². The molecule has 2 atom stereocenters. The topological polar surface area (TPSA) is 32.3 Å². The zero-order chi connectivity index (χ0) is 11.7. The molecule has 1 fully saturated rings. The van der Waals surface area contributed by atoms with Crippen molar-refractivity contribution in [1.29, 1.82) is 0 Å². The summed E-state index contributed by atoms with van der Waals surface area (Å²) in [4.78, 5) is 0. The molecule has 0 aliphatic carbocycles. The average molecular weight is 227 g/mol. The molecule has 88 valence electrons. The highest BCUT2D eigenvalue weighted by Gasteiger charge is 2.28. The Morgan fingerprint density at radius 3 is 2.76 bits per heavy atom. The minimum atomic E-state index is 0.265. The van der Waals surface area contributed by atoms with Gasteiger partial charge in [-0.05, 0) is 16.3 Å². The van der Waals surface area contributed by atoms with Crippen LogP contribution in [0.5, 0.6) is 0 Å². The Kier molecular flexibility index (Phi) is 2.83. The molecule has 2 aromatic carbocycles. The molecule has 2 heteroatoms. The Balaban J connectivity index is 2.10. The van der Waals surface area contributed by atoms with Crippen LogP contribution in [0.15, 0.2) is 42.5 Å². The predicted octanol–water partition coefficient (Wildman–Crippen LogP) is 2.14. The molecule has 2 N–H and O–H groups in total. The Morgan fingerprint density at radius 1 is 1.06 bits per heavy atom. The minimum Gasteiger partial charge on any atom is -0.396 e. The van der Waals surface area contributed by atoms with Crippen LogP contribution in [0.25, 0.3) is 10.8 Å². The van der Waals surface area contributed by atoms with Crippen LogP contribution < -0.4 is 5.32 Å². The van der Waals surface area contributed by atoms with Gasteiger partial charge >= 0.3 is 0 Å². The Labute approximate surface area is 101 Å². The van der Waals surface area contributed by atoms with Crippen molar-refractivity contribution in [2.24, 2.45) is 5.92 Å². The first-order chi connectivity index (χ1) is 8.40. The molecule has 17 heavy (non-hydrogen) atoms. The lowest BCUT2D eigenvalue weighted by Crippen LogP contribution is -2.15. The third kappa shape index (κ3) is 1.84. The first-order valence-corrected chi connectivity index (χ1v) is 6.19. The van der Waals surface area contributed by atoms with Crippen LogP contribution in [0.4, 0.5) is 0 Å². The zero-order valence-electron chi connectivity index (χ0n) is 9.76. The number of hydrogen-bond donors (Lipinski definition) is 2. The number of rotatable bonds is 2. The van der Waals surface area contributed by atoms with Gasteiger partial charge in [0.1, 0.15) is 0 Å². The Morgan fingerprint density at radius 2 is 1.88 bits per heavy atom. The van der Waals surface area contributed by atoms with Crippen molar-refractivity contribution >= 4 is 10.8 Å². The van der Waals surface area contributed by atoms with E-state index in [1.54, 1.807) is 0 Å². The normalized spacial score (nSPS) is 24.3. The second-order valence-corrected chi connectivity index (χ2v) is 4.78. The average Bonchev–Trinajstić information content (AvgIpc) is 2.86. The molecule has 0 saturated carbocycles. The van der Waals surface area contributed by atoms with Crippen molar-refractivity contribution in [1.82, 2.24) is 5.32 Å². The summed E-state index contributed by atoms with van der Waals surface area (Å²) < 4.78 is 0. The highest BCUT2D eigenvalue weighted by molar-refractivity contribution is 5.86. The molecule has 2 nitrogen and oxygen atoms in total. The monoisotopic (exact) mass is 227 g/mol. The summed E-state index contributed by atoms with van der Waals surface area (Å²) in [5.74, 6) is 0.784. The molecule has 3 rings (SSSR count). The van der Waals surface area contributed by atoms with Crippen LogP contribution in [0.3, 0.4) is 0 Å². The fourth-order valence-corrected chi connectivity index (χ4v) is 2.86. The highest BCUT2D eigenvalue weighted by Crippen LogP contribution is 2.32. The van der Waals surface area contributed by atoms with E-state index < -0.39 is 0 Å².